The lowest BCUT2D eigenvalue weighted by Crippen LogP contribution is -2.17. The average molecular weight is 272 g/mol. The minimum Gasteiger partial charge on any atom is -0.385 e. The topological polar surface area (TPSA) is 86.9 Å². The van der Waals surface area contributed by atoms with E-state index in [1.807, 2.05) is 26.0 Å². The van der Waals surface area contributed by atoms with Crippen LogP contribution in [0.4, 0.5) is 11.5 Å². The number of rotatable bonds is 4. The zero-order valence-electron chi connectivity index (χ0n) is 11.4. The number of H-pyrrole nitrogens is 1. The monoisotopic (exact) mass is 272 g/mol. The molecule has 1 heterocycles. The van der Waals surface area contributed by atoms with Crippen molar-refractivity contribution in [2.24, 2.45) is 0 Å². The Morgan fingerprint density at radius 1 is 1.30 bits per heavy atom. The van der Waals surface area contributed by atoms with Crippen molar-refractivity contribution in [3.8, 4) is 0 Å². The Kier molecular flexibility index (Phi) is 4.14. The number of aryl methyl sites for hydroxylation is 1. The van der Waals surface area contributed by atoms with Gasteiger partial charge in [-0.2, -0.15) is 5.10 Å². The molecular weight excluding hydrogens is 256 g/mol. The normalized spacial score (nSPS) is 10.1. The molecule has 0 saturated carbocycles. The van der Waals surface area contributed by atoms with E-state index in [-0.39, 0.29) is 11.5 Å². The third-order valence-corrected chi connectivity index (χ3v) is 2.71. The molecule has 0 atom stereocenters. The Hall–Kier alpha value is -2.63. The maximum atomic E-state index is 12.2. The molecule has 1 aromatic heterocycles. The molecule has 6 nitrogen and oxygen atoms in total. The lowest BCUT2D eigenvalue weighted by atomic mass is 10.1. The zero-order chi connectivity index (χ0) is 14.5. The van der Waals surface area contributed by atoms with Crippen LogP contribution < -0.4 is 16.2 Å². The number of carbonyl (C=O) groups is 1. The minimum atomic E-state index is -0.313. The third kappa shape index (κ3) is 3.23. The fourth-order valence-electron chi connectivity index (χ4n) is 1.79. The Bertz CT molecular complexity index is 659. The van der Waals surface area contributed by atoms with E-state index >= 15 is 0 Å². The molecule has 0 aliphatic rings. The Morgan fingerprint density at radius 3 is 2.75 bits per heavy atom. The highest BCUT2D eigenvalue weighted by molar-refractivity contribution is 6.07. The summed E-state index contributed by atoms with van der Waals surface area (Å²) in [6.07, 6.45) is 0. The molecule has 0 spiro atoms. The second-order valence-electron chi connectivity index (χ2n) is 4.34. The molecule has 3 N–H and O–H groups in total. The van der Waals surface area contributed by atoms with Gasteiger partial charge in [-0.25, -0.2) is 5.10 Å². The van der Waals surface area contributed by atoms with Gasteiger partial charge in [-0.3, -0.25) is 9.59 Å². The Balaban J connectivity index is 2.24. The molecule has 1 aromatic carbocycles. The number of carbonyl (C=O) groups excluding carboxylic acids is 1. The molecule has 1 amide bonds. The van der Waals surface area contributed by atoms with Crippen LogP contribution in [0, 0.1) is 6.92 Å². The van der Waals surface area contributed by atoms with Crippen LogP contribution in [0.5, 0.6) is 0 Å². The smallest absolute Gasteiger partial charge is 0.264 e. The predicted molar refractivity (Wildman–Crippen MR) is 78.2 cm³/mol. The Labute approximate surface area is 116 Å². The molecule has 0 bridgehead atoms. The van der Waals surface area contributed by atoms with E-state index in [9.17, 15) is 9.59 Å². The van der Waals surface area contributed by atoms with Gasteiger partial charge < -0.3 is 10.6 Å². The van der Waals surface area contributed by atoms with Crippen LogP contribution in [0.15, 0.2) is 35.1 Å². The van der Waals surface area contributed by atoms with Gasteiger partial charge in [0.05, 0.1) is 5.56 Å². The standard InChI is InChI=1S/C14H16N4O2/c1-3-15-11-8-9(2)4-5-10(11)14(20)16-12-6-7-13(19)18-17-12/h4-8,15H,3H2,1-2H3,(H,18,19)(H,16,17,20). The lowest BCUT2D eigenvalue weighted by molar-refractivity contribution is 0.102. The van der Waals surface area contributed by atoms with Crippen molar-refractivity contribution in [2.45, 2.75) is 13.8 Å². The van der Waals surface area contributed by atoms with Crippen molar-refractivity contribution in [1.29, 1.82) is 0 Å². The van der Waals surface area contributed by atoms with Gasteiger partial charge in [0.15, 0.2) is 5.82 Å². The van der Waals surface area contributed by atoms with Gasteiger partial charge >= 0.3 is 0 Å². The van der Waals surface area contributed by atoms with Crippen LogP contribution in [0.2, 0.25) is 0 Å². The van der Waals surface area contributed by atoms with Crippen molar-refractivity contribution >= 4 is 17.4 Å². The van der Waals surface area contributed by atoms with Crippen molar-refractivity contribution in [2.75, 3.05) is 17.2 Å². The molecule has 0 saturated heterocycles. The van der Waals surface area contributed by atoms with Gasteiger partial charge in [0.25, 0.3) is 11.5 Å². The molecule has 2 rings (SSSR count). The summed E-state index contributed by atoms with van der Waals surface area (Å²) in [7, 11) is 0. The highest BCUT2D eigenvalue weighted by Crippen LogP contribution is 2.18. The summed E-state index contributed by atoms with van der Waals surface area (Å²) >= 11 is 0. The van der Waals surface area contributed by atoms with Crippen LogP contribution in [-0.4, -0.2) is 22.6 Å². The number of anilines is 2. The fraction of sp³-hybridized carbons (Fsp3) is 0.214. The van der Waals surface area contributed by atoms with Crippen molar-refractivity contribution < 1.29 is 4.79 Å². The van der Waals surface area contributed by atoms with Gasteiger partial charge in [0.2, 0.25) is 0 Å². The summed E-state index contributed by atoms with van der Waals surface area (Å²) < 4.78 is 0. The number of hydrogen-bond donors (Lipinski definition) is 3. The maximum absolute atomic E-state index is 12.2. The molecule has 0 radical (unpaired) electrons. The number of hydrogen-bond acceptors (Lipinski definition) is 4. The number of aromatic nitrogens is 2. The largest absolute Gasteiger partial charge is 0.385 e. The zero-order valence-corrected chi connectivity index (χ0v) is 11.4. The Morgan fingerprint density at radius 2 is 2.10 bits per heavy atom. The van der Waals surface area contributed by atoms with Crippen molar-refractivity contribution in [3.63, 3.8) is 0 Å². The highest BCUT2D eigenvalue weighted by atomic mass is 16.2. The van der Waals surface area contributed by atoms with Gasteiger partial charge in [0.1, 0.15) is 0 Å². The van der Waals surface area contributed by atoms with Crippen molar-refractivity contribution in [3.05, 3.63) is 51.8 Å². The molecule has 0 aliphatic carbocycles. The maximum Gasteiger partial charge on any atom is 0.264 e. The van der Waals surface area contributed by atoms with Gasteiger partial charge in [-0.05, 0) is 37.6 Å². The first-order valence-corrected chi connectivity index (χ1v) is 6.31. The first-order valence-electron chi connectivity index (χ1n) is 6.31. The van der Waals surface area contributed by atoms with Gasteiger partial charge in [0, 0.05) is 18.3 Å². The minimum absolute atomic E-state index is 0.277. The van der Waals surface area contributed by atoms with E-state index in [0.29, 0.717) is 11.4 Å². The summed E-state index contributed by atoms with van der Waals surface area (Å²) in [5.74, 6) is 0.0260. The highest BCUT2D eigenvalue weighted by Gasteiger charge is 2.12. The summed E-state index contributed by atoms with van der Waals surface area (Å²) in [5.41, 5.74) is 2.06. The second-order valence-corrected chi connectivity index (χ2v) is 4.34. The van der Waals surface area contributed by atoms with Crippen LogP contribution in [0.3, 0.4) is 0 Å². The van der Waals surface area contributed by atoms with Gasteiger partial charge in [-0.1, -0.05) is 6.07 Å². The van der Waals surface area contributed by atoms with E-state index in [4.69, 9.17) is 0 Å². The number of amides is 1. The second kappa shape index (κ2) is 6.01. The molecule has 0 aliphatic heterocycles. The van der Waals surface area contributed by atoms with Crippen molar-refractivity contribution in [1.82, 2.24) is 10.2 Å². The first-order chi connectivity index (χ1) is 9.60. The van der Waals surface area contributed by atoms with Crippen LogP contribution >= 0.6 is 0 Å². The summed E-state index contributed by atoms with van der Waals surface area (Å²) in [4.78, 5) is 23.1. The van der Waals surface area contributed by atoms with E-state index in [2.05, 4.69) is 20.8 Å². The number of nitrogens with zero attached hydrogens (tertiary/aromatic N) is 1. The van der Waals surface area contributed by atoms with Crippen LogP contribution in [0.25, 0.3) is 0 Å². The molecular formula is C14H16N4O2. The summed E-state index contributed by atoms with van der Waals surface area (Å²) in [6, 6.07) is 8.31. The summed E-state index contributed by atoms with van der Waals surface area (Å²) in [5, 5.41) is 11.8. The van der Waals surface area contributed by atoms with E-state index in [0.717, 1.165) is 17.8 Å². The summed E-state index contributed by atoms with van der Waals surface area (Å²) in [6.45, 7) is 4.65. The van der Waals surface area contributed by atoms with Crippen LogP contribution in [-0.2, 0) is 0 Å². The molecule has 0 fully saturated rings. The molecule has 2 aromatic rings. The van der Waals surface area contributed by atoms with E-state index < -0.39 is 0 Å². The average Bonchev–Trinajstić information content (AvgIpc) is 2.42. The quantitative estimate of drug-likeness (QED) is 0.791. The lowest BCUT2D eigenvalue weighted by Gasteiger charge is -2.11. The van der Waals surface area contributed by atoms with E-state index in [1.165, 1.54) is 12.1 Å². The molecule has 0 unspecified atom stereocenters. The number of aromatic amines is 1. The van der Waals surface area contributed by atoms with E-state index in [1.54, 1.807) is 6.07 Å². The number of nitrogens with one attached hydrogen (secondary N) is 3. The first kappa shape index (κ1) is 13.8. The predicted octanol–water partition coefficient (Wildman–Crippen LogP) is 1.76. The molecule has 20 heavy (non-hydrogen) atoms. The number of benzene rings is 1. The molecule has 104 valence electrons. The SMILES string of the molecule is CCNc1cc(C)ccc1C(=O)Nc1ccc(=O)[nH]n1. The van der Waals surface area contributed by atoms with Crippen LogP contribution in [0.1, 0.15) is 22.8 Å². The third-order valence-electron chi connectivity index (χ3n) is 2.71. The van der Waals surface area contributed by atoms with Gasteiger partial charge in [-0.15, -0.1) is 0 Å². The molecule has 6 heteroatoms. The fourth-order valence-corrected chi connectivity index (χ4v) is 1.79.